The zero-order chi connectivity index (χ0) is 17.4. The number of nitrogens with zero attached hydrogens (tertiary/aromatic N) is 3. The lowest BCUT2D eigenvalue weighted by molar-refractivity contribution is 0.461. The first-order chi connectivity index (χ1) is 12.1. The highest BCUT2D eigenvalue weighted by Crippen LogP contribution is 2.28. The summed E-state index contributed by atoms with van der Waals surface area (Å²) < 4.78 is 1.99. The largest absolute Gasteiger partial charge is 0.367 e. The van der Waals surface area contributed by atoms with Crippen LogP contribution in [0.5, 0.6) is 0 Å². The van der Waals surface area contributed by atoms with E-state index in [4.69, 9.17) is 10.1 Å². The van der Waals surface area contributed by atoms with Gasteiger partial charge in [-0.3, -0.25) is 0 Å². The van der Waals surface area contributed by atoms with E-state index in [1.807, 2.05) is 4.52 Å². The average molecular weight is 334 g/mol. The van der Waals surface area contributed by atoms with Crippen LogP contribution in [0.2, 0.25) is 0 Å². The fraction of sp³-hybridized carbons (Fsp3) is 0.429. The number of hydrogen-bond donors (Lipinski definition) is 1. The third-order valence-electron chi connectivity index (χ3n) is 5.20. The van der Waals surface area contributed by atoms with Crippen molar-refractivity contribution in [3.63, 3.8) is 0 Å². The predicted molar refractivity (Wildman–Crippen MR) is 103 cm³/mol. The summed E-state index contributed by atoms with van der Waals surface area (Å²) >= 11 is 0. The molecule has 130 valence electrons. The number of anilines is 1. The van der Waals surface area contributed by atoms with Gasteiger partial charge in [-0.1, -0.05) is 43.0 Å². The number of benzene rings is 1. The van der Waals surface area contributed by atoms with Crippen molar-refractivity contribution in [2.45, 2.75) is 58.9 Å². The summed E-state index contributed by atoms with van der Waals surface area (Å²) in [6.07, 6.45) is 6.48. The Morgan fingerprint density at radius 1 is 1.04 bits per heavy atom. The standard InChI is InChI=1S/C21H26N4/c1-14-8-7-9-17(12-14)20-16(3)21-22-15(2)13-19(25(21)24-20)23-18-10-5-4-6-11-18/h7-9,12-13,18,23H,4-6,10-11H2,1-3H3. The third-order valence-corrected chi connectivity index (χ3v) is 5.20. The average Bonchev–Trinajstić information content (AvgIpc) is 2.93. The van der Waals surface area contributed by atoms with Gasteiger partial charge in [0, 0.05) is 28.9 Å². The molecule has 1 fully saturated rings. The number of hydrogen-bond acceptors (Lipinski definition) is 3. The first kappa shape index (κ1) is 16.1. The molecule has 1 aliphatic carbocycles. The van der Waals surface area contributed by atoms with E-state index < -0.39 is 0 Å². The highest BCUT2D eigenvalue weighted by Gasteiger charge is 2.18. The van der Waals surface area contributed by atoms with Crippen LogP contribution < -0.4 is 5.32 Å². The summed E-state index contributed by atoms with van der Waals surface area (Å²) in [7, 11) is 0. The molecular weight excluding hydrogens is 308 g/mol. The molecule has 2 aromatic heterocycles. The topological polar surface area (TPSA) is 42.2 Å². The minimum atomic E-state index is 0.547. The molecule has 0 aliphatic heterocycles. The summed E-state index contributed by atoms with van der Waals surface area (Å²) in [5.41, 5.74) is 6.55. The molecule has 0 bridgehead atoms. The van der Waals surface area contributed by atoms with E-state index in [-0.39, 0.29) is 0 Å². The van der Waals surface area contributed by atoms with E-state index in [1.54, 1.807) is 0 Å². The van der Waals surface area contributed by atoms with E-state index in [2.05, 4.69) is 56.4 Å². The van der Waals surface area contributed by atoms with Crippen molar-refractivity contribution in [2.24, 2.45) is 0 Å². The van der Waals surface area contributed by atoms with Crippen molar-refractivity contribution >= 4 is 11.5 Å². The number of aryl methyl sites for hydroxylation is 3. The van der Waals surface area contributed by atoms with Crippen molar-refractivity contribution in [3.05, 3.63) is 47.2 Å². The Morgan fingerprint density at radius 2 is 1.84 bits per heavy atom. The molecule has 1 aromatic carbocycles. The lowest BCUT2D eigenvalue weighted by Crippen LogP contribution is -2.24. The van der Waals surface area contributed by atoms with Gasteiger partial charge in [0.25, 0.3) is 0 Å². The molecule has 4 nitrogen and oxygen atoms in total. The van der Waals surface area contributed by atoms with Crippen molar-refractivity contribution in [2.75, 3.05) is 5.32 Å². The number of nitrogens with one attached hydrogen (secondary N) is 1. The van der Waals surface area contributed by atoms with Crippen LogP contribution in [0.1, 0.15) is 48.9 Å². The Balaban J connectivity index is 1.80. The third kappa shape index (κ3) is 3.13. The van der Waals surface area contributed by atoms with Gasteiger partial charge in [0.2, 0.25) is 0 Å². The van der Waals surface area contributed by atoms with Gasteiger partial charge in [-0.05, 0) is 39.7 Å². The molecule has 1 aliphatic rings. The van der Waals surface area contributed by atoms with Gasteiger partial charge in [-0.15, -0.1) is 0 Å². The molecule has 3 aromatic rings. The number of fused-ring (bicyclic) bond motifs is 1. The summed E-state index contributed by atoms with van der Waals surface area (Å²) in [6, 6.07) is 11.2. The Bertz CT molecular complexity index is 904. The van der Waals surface area contributed by atoms with Crippen LogP contribution in [0, 0.1) is 20.8 Å². The van der Waals surface area contributed by atoms with Gasteiger partial charge in [-0.2, -0.15) is 9.61 Å². The summed E-state index contributed by atoms with van der Waals surface area (Å²) in [6.45, 7) is 6.30. The molecule has 0 amide bonds. The lowest BCUT2D eigenvalue weighted by atomic mass is 9.95. The zero-order valence-corrected chi connectivity index (χ0v) is 15.3. The van der Waals surface area contributed by atoms with Crippen LogP contribution >= 0.6 is 0 Å². The molecule has 0 unspecified atom stereocenters. The number of rotatable bonds is 3. The lowest BCUT2D eigenvalue weighted by Gasteiger charge is -2.24. The smallest absolute Gasteiger partial charge is 0.161 e. The Labute approximate surface area is 149 Å². The maximum atomic E-state index is 4.92. The minimum absolute atomic E-state index is 0.547. The molecule has 0 atom stereocenters. The van der Waals surface area contributed by atoms with Gasteiger partial charge in [0.1, 0.15) is 5.82 Å². The van der Waals surface area contributed by atoms with Crippen LogP contribution in [0.25, 0.3) is 16.9 Å². The Hall–Kier alpha value is -2.36. The van der Waals surface area contributed by atoms with E-state index in [9.17, 15) is 0 Å². The second-order valence-electron chi connectivity index (χ2n) is 7.34. The monoisotopic (exact) mass is 334 g/mol. The van der Waals surface area contributed by atoms with E-state index in [0.717, 1.165) is 34.0 Å². The molecule has 4 heteroatoms. The Morgan fingerprint density at radius 3 is 2.60 bits per heavy atom. The first-order valence-corrected chi connectivity index (χ1v) is 9.32. The van der Waals surface area contributed by atoms with Gasteiger partial charge >= 0.3 is 0 Å². The molecule has 0 spiro atoms. The molecule has 1 N–H and O–H groups in total. The highest BCUT2D eigenvalue weighted by atomic mass is 15.3. The van der Waals surface area contributed by atoms with E-state index in [1.165, 1.54) is 37.7 Å². The zero-order valence-electron chi connectivity index (χ0n) is 15.3. The fourth-order valence-corrected chi connectivity index (χ4v) is 3.87. The highest BCUT2D eigenvalue weighted by molar-refractivity contribution is 5.72. The second-order valence-corrected chi connectivity index (χ2v) is 7.34. The summed E-state index contributed by atoms with van der Waals surface area (Å²) in [4.78, 5) is 4.76. The molecular formula is C21H26N4. The van der Waals surface area contributed by atoms with Gasteiger partial charge < -0.3 is 5.32 Å². The SMILES string of the molecule is Cc1cccc(-c2nn3c(NC4CCCCC4)cc(C)nc3c2C)c1. The molecule has 25 heavy (non-hydrogen) atoms. The summed E-state index contributed by atoms with van der Waals surface area (Å²) in [5.74, 6) is 1.07. The normalized spacial score (nSPS) is 15.6. The van der Waals surface area contributed by atoms with Gasteiger partial charge in [0.05, 0.1) is 5.69 Å². The van der Waals surface area contributed by atoms with Crippen LogP contribution in [0.15, 0.2) is 30.3 Å². The quantitative estimate of drug-likeness (QED) is 0.727. The van der Waals surface area contributed by atoms with Crippen molar-refractivity contribution in [1.29, 1.82) is 0 Å². The van der Waals surface area contributed by atoms with Crippen LogP contribution in [-0.2, 0) is 0 Å². The summed E-state index contributed by atoms with van der Waals surface area (Å²) in [5, 5.41) is 8.65. The molecule has 0 saturated heterocycles. The van der Waals surface area contributed by atoms with Gasteiger partial charge in [-0.25, -0.2) is 4.98 Å². The van der Waals surface area contributed by atoms with Crippen molar-refractivity contribution in [1.82, 2.24) is 14.6 Å². The van der Waals surface area contributed by atoms with E-state index >= 15 is 0 Å². The molecule has 4 rings (SSSR count). The maximum Gasteiger partial charge on any atom is 0.161 e. The molecule has 1 saturated carbocycles. The van der Waals surface area contributed by atoms with Gasteiger partial charge in [0.15, 0.2) is 5.65 Å². The maximum absolute atomic E-state index is 4.92. The Kier molecular flexibility index (Phi) is 4.20. The van der Waals surface area contributed by atoms with E-state index in [0.29, 0.717) is 6.04 Å². The van der Waals surface area contributed by atoms with Crippen molar-refractivity contribution in [3.8, 4) is 11.3 Å². The van der Waals surface area contributed by atoms with Crippen molar-refractivity contribution < 1.29 is 0 Å². The predicted octanol–water partition coefficient (Wildman–Crippen LogP) is 5.07. The minimum Gasteiger partial charge on any atom is -0.367 e. The fourth-order valence-electron chi connectivity index (χ4n) is 3.87. The van der Waals surface area contributed by atoms with Crippen LogP contribution in [0.4, 0.5) is 5.82 Å². The number of aromatic nitrogens is 3. The van der Waals surface area contributed by atoms with Crippen LogP contribution in [-0.4, -0.2) is 20.6 Å². The van der Waals surface area contributed by atoms with Crippen LogP contribution in [0.3, 0.4) is 0 Å². The molecule has 2 heterocycles. The first-order valence-electron chi connectivity index (χ1n) is 9.32. The second kappa shape index (κ2) is 6.51. The molecule has 0 radical (unpaired) electrons.